The highest BCUT2D eigenvalue weighted by Crippen LogP contribution is 2.37. The normalized spacial score (nSPS) is 11.7. The van der Waals surface area contributed by atoms with Crippen LogP contribution < -0.4 is 14.8 Å². The van der Waals surface area contributed by atoms with E-state index in [1.54, 1.807) is 0 Å². The molecular formula is C21H15F5N2O5S. The molecule has 13 heteroatoms. The lowest BCUT2D eigenvalue weighted by Gasteiger charge is -2.16. The number of rotatable bonds is 6. The van der Waals surface area contributed by atoms with Crippen LogP contribution in [0.5, 0.6) is 17.2 Å². The van der Waals surface area contributed by atoms with Gasteiger partial charge in [0, 0.05) is 24.6 Å². The molecule has 3 rings (SSSR count). The zero-order valence-corrected chi connectivity index (χ0v) is 18.2. The van der Waals surface area contributed by atoms with Crippen molar-refractivity contribution in [3.63, 3.8) is 0 Å². The highest BCUT2D eigenvalue weighted by Gasteiger charge is 2.34. The molecule has 0 aliphatic rings. The average Bonchev–Trinajstić information content (AvgIpc) is 2.74. The first-order chi connectivity index (χ1) is 15.8. The Morgan fingerprint density at radius 3 is 2.32 bits per heavy atom. The molecule has 0 atom stereocenters. The third kappa shape index (κ3) is 5.60. The molecule has 1 heterocycles. The molecule has 7 nitrogen and oxygen atoms in total. The van der Waals surface area contributed by atoms with Crippen molar-refractivity contribution in [3.05, 3.63) is 71.6 Å². The van der Waals surface area contributed by atoms with Crippen LogP contribution in [0.3, 0.4) is 0 Å². The third-order valence-corrected chi connectivity index (χ3v) is 5.47. The van der Waals surface area contributed by atoms with Crippen molar-refractivity contribution in [2.45, 2.75) is 11.1 Å². The largest absolute Gasteiger partial charge is 0.493 e. The molecule has 0 bridgehead atoms. The first kappa shape index (κ1) is 24.9. The molecule has 0 spiro atoms. The van der Waals surface area contributed by atoms with Crippen LogP contribution in [-0.2, 0) is 16.0 Å². The van der Waals surface area contributed by atoms with Crippen LogP contribution >= 0.6 is 0 Å². The molecule has 0 saturated heterocycles. The minimum Gasteiger partial charge on any atom is -0.493 e. The molecule has 0 aliphatic heterocycles. The zero-order valence-electron chi connectivity index (χ0n) is 17.4. The number of anilines is 1. The topological polar surface area (TPSA) is 94.6 Å². The first-order valence-electron chi connectivity index (χ1n) is 9.19. The number of aromatic nitrogens is 1. The van der Waals surface area contributed by atoms with Crippen molar-refractivity contribution in [1.29, 1.82) is 0 Å². The molecular weight excluding hydrogens is 487 g/mol. The van der Waals surface area contributed by atoms with Gasteiger partial charge in [0.15, 0.2) is 21.3 Å². The fourth-order valence-corrected chi connectivity index (χ4v) is 3.36. The summed E-state index contributed by atoms with van der Waals surface area (Å²) in [7, 11) is -2.58. The Bertz CT molecular complexity index is 1360. The standard InChI is InChI=1S/C21H15F5N2O5S/c1-32-18-7-11(22)3-6-16(18)33-17-9-19(21(24,25)26)27-10-13(17)20(29)28-15-8-12(34(2,30)31)4-5-14(15)23/h3-10H,1-2H3,(H,28,29). The maximum atomic E-state index is 14.2. The smallest absolute Gasteiger partial charge is 0.433 e. The van der Waals surface area contributed by atoms with E-state index in [-0.39, 0.29) is 16.4 Å². The number of carbonyl (C=O) groups excluding carboxylic acids is 1. The molecule has 3 aromatic rings. The van der Waals surface area contributed by atoms with Crippen LogP contribution in [0.25, 0.3) is 0 Å². The second-order valence-electron chi connectivity index (χ2n) is 6.83. The Labute approximate surface area is 190 Å². The molecule has 0 unspecified atom stereocenters. The van der Waals surface area contributed by atoms with E-state index in [0.29, 0.717) is 12.3 Å². The van der Waals surface area contributed by atoms with Crippen molar-refractivity contribution in [2.24, 2.45) is 0 Å². The quantitative estimate of drug-likeness (QED) is 0.383. The summed E-state index contributed by atoms with van der Waals surface area (Å²) < 4.78 is 101. The Hall–Kier alpha value is -3.74. The average molecular weight is 502 g/mol. The lowest BCUT2D eigenvalue weighted by Crippen LogP contribution is -2.17. The number of alkyl halides is 3. The fraction of sp³-hybridized carbons (Fsp3) is 0.143. The van der Waals surface area contributed by atoms with E-state index in [4.69, 9.17) is 9.47 Å². The van der Waals surface area contributed by atoms with E-state index in [9.17, 15) is 35.2 Å². The maximum Gasteiger partial charge on any atom is 0.433 e. The Kier molecular flexibility index (Phi) is 6.77. The van der Waals surface area contributed by atoms with Gasteiger partial charge in [0.1, 0.15) is 28.6 Å². The molecule has 0 radical (unpaired) electrons. The predicted molar refractivity (Wildman–Crippen MR) is 110 cm³/mol. The summed E-state index contributed by atoms with van der Waals surface area (Å²) in [5, 5.41) is 2.09. The second-order valence-corrected chi connectivity index (χ2v) is 8.84. The Balaban J connectivity index is 2.05. The summed E-state index contributed by atoms with van der Waals surface area (Å²) in [4.78, 5) is 15.7. The first-order valence-corrected chi connectivity index (χ1v) is 11.1. The number of nitrogens with zero attached hydrogens (tertiary/aromatic N) is 1. The lowest BCUT2D eigenvalue weighted by atomic mass is 10.2. The van der Waals surface area contributed by atoms with Gasteiger partial charge in [-0.2, -0.15) is 13.2 Å². The highest BCUT2D eigenvalue weighted by molar-refractivity contribution is 7.90. The highest BCUT2D eigenvalue weighted by atomic mass is 32.2. The summed E-state index contributed by atoms with van der Waals surface area (Å²) in [5.74, 6) is -3.91. The number of amides is 1. The van der Waals surface area contributed by atoms with Gasteiger partial charge in [0.05, 0.1) is 17.7 Å². The van der Waals surface area contributed by atoms with Gasteiger partial charge < -0.3 is 14.8 Å². The maximum absolute atomic E-state index is 14.2. The number of nitrogens with one attached hydrogen (secondary N) is 1. The van der Waals surface area contributed by atoms with Crippen molar-refractivity contribution >= 4 is 21.4 Å². The second kappa shape index (κ2) is 9.25. The molecule has 0 saturated carbocycles. The van der Waals surface area contributed by atoms with Crippen LogP contribution in [-0.4, -0.2) is 32.7 Å². The SMILES string of the molecule is COc1cc(F)ccc1Oc1cc(C(F)(F)F)ncc1C(=O)Nc1cc(S(C)(=O)=O)ccc1F. The number of pyridine rings is 1. The fourth-order valence-electron chi connectivity index (χ4n) is 2.71. The van der Waals surface area contributed by atoms with Crippen LogP contribution in [0.2, 0.25) is 0 Å². The molecule has 180 valence electrons. The molecule has 1 amide bonds. The van der Waals surface area contributed by atoms with Gasteiger partial charge in [-0.25, -0.2) is 17.2 Å². The van der Waals surface area contributed by atoms with Gasteiger partial charge in [0.25, 0.3) is 5.91 Å². The van der Waals surface area contributed by atoms with Gasteiger partial charge in [0.2, 0.25) is 0 Å². The van der Waals surface area contributed by atoms with Crippen molar-refractivity contribution < 1.29 is 44.6 Å². The Morgan fingerprint density at radius 1 is 1.00 bits per heavy atom. The number of benzene rings is 2. The molecule has 34 heavy (non-hydrogen) atoms. The van der Waals surface area contributed by atoms with Crippen LogP contribution in [0.4, 0.5) is 27.6 Å². The lowest BCUT2D eigenvalue weighted by molar-refractivity contribution is -0.141. The minimum atomic E-state index is -4.89. The van der Waals surface area contributed by atoms with Crippen molar-refractivity contribution in [1.82, 2.24) is 4.98 Å². The monoisotopic (exact) mass is 502 g/mol. The summed E-state index contributed by atoms with van der Waals surface area (Å²) in [6.45, 7) is 0. The van der Waals surface area contributed by atoms with Gasteiger partial charge in [-0.15, -0.1) is 0 Å². The van der Waals surface area contributed by atoms with Crippen LogP contribution in [0.1, 0.15) is 16.1 Å². The van der Waals surface area contributed by atoms with Crippen molar-refractivity contribution in [3.8, 4) is 17.2 Å². The van der Waals surface area contributed by atoms with Gasteiger partial charge in [-0.05, 0) is 30.3 Å². The minimum absolute atomic E-state index is 0.177. The summed E-state index contributed by atoms with van der Waals surface area (Å²) in [6.07, 6.45) is -3.47. The van der Waals surface area contributed by atoms with Crippen LogP contribution in [0, 0.1) is 11.6 Å². The molecule has 0 fully saturated rings. The number of hydrogen-bond acceptors (Lipinski definition) is 6. The van der Waals surface area contributed by atoms with E-state index < -0.39 is 56.2 Å². The van der Waals surface area contributed by atoms with E-state index in [2.05, 4.69) is 10.3 Å². The third-order valence-electron chi connectivity index (χ3n) is 4.36. The molecule has 1 aromatic heterocycles. The van der Waals surface area contributed by atoms with E-state index >= 15 is 0 Å². The molecule has 1 N–H and O–H groups in total. The summed E-state index contributed by atoms with van der Waals surface area (Å²) in [5.41, 5.74) is -2.49. The summed E-state index contributed by atoms with van der Waals surface area (Å²) in [6, 6.07) is 6.00. The van der Waals surface area contributed by atoms with Gasteiger partial charge in [-0.1, -0.05) is 0 Å². The zero-order chi connectivity index (χ0) is 25.3. The Morgan fingerprint density at radius 2 is 1.71 bits per heavy atom. The number of sulfone groups is 1. The van der Waals surface area contributed by atoms with E-state index in [1.165, 1.54) is 7.11 Å². The molecule has 0 aliphatic carbocycles. The predicted octanol–water partition coefficient (Wildman–Crippen LogP) is 4.84. The number of ether oxygens (including phenoxy) is 2. The van der Waals surface area contributed by atoms with Crippen molar-refractivity contribution in [2.75, 3.05) is 18.7 Å². The number of carbonyl (C=O) groups is 1. The van der Waals surface area contributed by atoms with E-state index in [1.807, 2.05) is 0 Å². The number of methoxy groups -OCH3 is 1. The van der Waals surface area contributed by atoms with Crippen LogP contribution in [0.15, 0.2) is 53.6 Å². The molecule has 2 aromatic carbocycles. The van der Waals surface area contributed by atoms with E-state index in [0.717, 1.165) is 42.7 Å². The summed E-state index contributed by atoms with van der Waals surface area (Å²) >= 11 is 0. The number of hydrogen-bond donors (Lipinski definition) is 1. The number of halogens is 5. The van der Waals surface area contributed by atoms with Gasteiger partial charge in [-0.3, -0.25) is 9.78 Å². The van der Waals surface area contributed by atoms with Gasteiger partial charge >= 0.3 is 6.18 Å².